The predicted molar refractivity (Wildman–Crippen MR) is 355 cm³/mol. The topological polar surface area (TPSA) is 130 Å². The van der Waals surface area contributed by atoms with Crippen LogP contribution in [0.2, 0.25) is 0 Å². The molecule has 0 aliphatic heterocycles. The summed E-state index contributed by atoms with van der Waals surface area (Å²) in [5.41, 5.74) is 0. The van der Waals surface area contributed by atoms with Gasteiger partial charge in [-0.25, -0.2) is 0 Å². The van der Waals surface area contributed by atoms with E-state index in [1.165, 1.54) is 385 Å². The molecule has 82 heavy (non-hydrogen) atoms. The Bertz CT molecular complexity index is 1050. The lowest BCUT2D eigenvalue weighted by molar-refractivity contribution is -0.886. The maximum Gasteiger partial charge on any atom is 0.124 e. The Balaban J connectivity index is -0.00000130. The fourth-order valence-electron chi connectivity index (χ4n) is 12.0. The molecule has 0 heterocycles. The summed E-state index contributed by atoms with van der Waals surface area (Å²) in [6.07, 6.45) is 83.1. The van der Waals surface area contributed by atoms with Gasteiger partial charge in [0, 0.05) is 0 Å². The number of carbonyl (C=O) groups excluding carboxylic acids is 2. The van der Waals surface area contributed by atoms with Gasteiger partial charge in [-0.1, -0.05) is 362 Å². The average molecular weight is 1170 g/mol. The van der Waals surface area contributed by atoms with E-state index in [2.05, 4.69) is 55.9 Å². The van der Waals surface area contributed by atoms with Crippen molar-refractivity contribution in [2.45, 2.75) is 437 Å². The van der Waals surface area contributed by atoms with Crippen LogP contribution < -0.4 is 20.0 Å². The third-order valence-electron chi connectivity index (χ3n) is 18.0. The van der Waals surface area contributed by atoms with Crippen molar-refractivity contribution >= 4 is 11.9 Å². The van der Waals surface area contributed by atoms with Crippen LogP contribution in [0.15, 0.2) is 0 Å². The monoisotopic (exact) mass is 1170 g/mol. The first-order chi connectivity index (χ1) is 39.9. The lowest BCUT2D eigenvalue weighted by Crippen LogP contribution is -3.10. The van der Waals surface area contributed by atoms with Gasteiger partial charge in [-0.15, -0.1) is 0 Å². The molecule has 0 fully saturated rings. The van der Waals surface area contributed by atoms with Crippen molar-refractivity contribution in [1.82, 2.24) is 0 Å². The zero-order valence-corrected chi connectivity index (χ0v) is 57.3. The molecule has 2 atom stereocenters. The number of quaternary nitrogens is 2. The van der Waals surface area contributed by atoms with E-state index >= 15 is 0 Å². The number of hydrogen-bond donors (Lipinski definition) is 4. The van der Waals surface area contributed by atoms with Crippen LogP contribution in [0, 0.1) is 0 Å². The van der Waals surface area contributed by atoms with Crippen LogP contribution in [0.1, 0.15) is 413 Å². The number of carboxylic acid groups (broad SMARTS) is 2. The molecule has 0 saturated heterocycles. The van der Waals surface area contributed by atoms with Gasteiger partial charge in [0.1, 0.15) is 12.2 Å². The van der Waals surface area contributed by atoms with Gasteiger partial charge in [0.05, 0.1) is 52.2 Å². The molecular weight excluding hydrogens is 1010 g/mol. The fourth-order valence-corrected chi connectivity index (χ4v) is 12.0. The Morgan fingerprint density at radius 2 is 0.354 bits per heavy atom. The summed E-state index contributed by atoms with van der Waals surface area (Å²) >= 11 is 0. The van der Waals surface area contributed by atoms with Crippen molar-refractivity contribution in [2.75, 3.05) is 28.2 Å². The highest BCUT2D eigenvalue weighted by Crippen LogP contribution is 2.19. The molecule has 0 aromatic carbocycles. The highest BCUT2D eigenvalue weighted by molar-refractivity contribution is 5.80. The molecule has 4 N–H and O–H groups in total. The van der Waals surface area contributed by atoms with E-state index in [9.17, 15) is 19.8 Å². The number of nitrogens with one attached hydrogen (secondary N) is 2. The molecule has 8 nitrogen and oxygen atoms in total. The van der Waals surface area contributed by atoms with Crippen LogP contribution in [-0.4, -0.2) is 74.6 Å². The molecule has 2 unspecified atom stereocenters. The Hall–Kier alpha value is -1.22. The maximum absolute atomic E-state index is 9.63. The molecule has 0 radical (unpaired) electrons. The highest BCUT2D eigenvalue weighted by atomic mass is 16.4. The lowest BCUT2D eigenvalue weighted by Gasteiger charge is -2.21. The summed E-state index contributed by atoms with van der Waals surface area (Å²) < 4.78 is 0. The summed E-state index contributed by atoms with van der Waals surface area (Å²) in [5.74, 6) is -4.12. The number of carboxylic acids is 2. The van der Waals surface area contributed by atoms with Crippen LogP contribution in [0.25, 0.3) is 0 Å². The number of aliphatic hydroxyl groups excluding tert-OH is 2. The first kappa shape index (κ1) is 85.0. The first-order valence-electron chi connectivity index (χ1n) is 37.3. The van der Waals surface area contributed by atoms with Crippen molar-refractivity contribution in [1.29, 1.82) is 0 Å². The van der Waals surface area contributed by atoms with Crippen molar-refractivity contribution in [3.8, 4) is 0 Å². The van der Waals surface area contributed by atoms with Gasteiger partial charge in [-0.3, -0.25) is 0 Å². The molecule has 8 heteroatoms. The molecule has 0 bridgehead atoms. The van der Waals surface area contributed by atoms with E-state index in [-0.39, 0.29) is 0 Å². The van der Waals surface area contributed by atoms with Crippen LogP contribution >= 0.6 is 0 Å². The molecular formula is C74H152N2O6. The van der Waals surface area contributed by atoms with Gasteiger partial charge in [-0.2, -0.15) is 0 Å². The van der Waals surface area contributed by atoms with Crippen LogP contribution in [-0.2, 0) is 9.59 Å². The number of unbranched alkanes of at least 4 members (excludes halogenated alkanes) is 52. The second-order valence-electron chi connectivity index (χ2n) is 26.6. The third kappa shape index (κ3) is 69.6. The van der Waals surface area contributed by atoms with Gasteiger partial charge in [0.25, 0.3) is 0 Å². The zero-order chi connectivity index (χ0) is 61.0. The Kier molecular flexibility index (Phi) is 74.9. The summed E-state index contributed by atoms with van der Waals surface area (Å²) in [4.78, 5) is 22.7. The quantitative estimate of drug-likeness (QED) is 0.0449. The largest absolute Gasteiger partial charge is 0.547 e. The number of aliphatic hydroxyl groups is 2. The Labute approximate surface area is 514 Å². The van der Waals surface area contributed by atoms with E-state index < -0.39 is 24.1 Å². The predicted octanol–water partition coefficient (Wildman–Crippen LogP) is 17.7. The molecule has 0 spiro atoms. The SMILES string of the molecule is CCCCCCCCCCCCCCCCC(CCCCCCCCCCCCCCCC)[NH+](C)C.CCCCCCCCCCCCCCCCC(CCCCCCCCCCCCCCCC)[NH+](C)C.O=C([O-])C(O)C(O)C(=O)[O-]. The maximum atomic E-state index is 9.63. The Morgan fingerprint density at radius 3 is 0.451 bits per heavy atom. The first-order valence-corrected chi connectivity index (χ1v) is 37.3. The molecule has 0 aliphatic carbocycles. The van der Waals surface area contributed by atoms with E-state index in [1.807, 2.05) is 0 Å². The highest BCUT2D eigenvalue weighted by Gasteiger charge is 2.18. The van der Waals surface area contributed by atoms with Crippen LogP contribution in [0.4, 0.5) is 0 Å². The molecule has 0 amide bonds. The standard InChI is InChI=1S/2C35H73N.C4H6O6/c2*1-5-7-9-11-13-15-17-19-21-23-25-27-29-31-33-35(36(3)4)34-32-30-28-26-24-22-20-18-16-14-12-10-8-6-2;5-1(3(7)8)2(6)4(9)10/h2*35H,5-34H2,1-4H3;1-2,5-6H,(H,7,8)(H,9,10). The number of rotatable bonds is 65. The molecule has 0 aliphatic rings. The molecule has 0 rings (SSSR count). The second kappa shape index (κ2) is 72.3. The van der Waals surface area contributed by atoms with Crippen molar-refractivity contribution in [3.05, 3.63) is 0 Å². The second-order valence-corrected chi connectivity index (χ2v) is 26.6. The molecule has 494 valence electrons. The minimum atomic E-state index is -2.44. The Morgan fingerprint density at radius 1 is 0.244 bits per heavy atom. The van der Waals surface area contributed by atoms with Gasteiger partial charge < -0.3 is 39.8 Å². The summed E-state index contributed by atoms with van der Waals surface area (Å²) in [7, 11) is 9.55. The summed E-state index contributed by atoms with van der Waals surface area (Å²) in [6, 6.07) is 1.80. The van der Waals surface area contributed by atoms with Gasteiger partial charge in [0.2, 0.25) is 0 Å². The zero-order valence-electron chi connectivity index (χ0n) is 57.3. The fraction of sp³-hybridized carbons (Fsp3) is 0.973. The average Bonchev–Trinajstić information content (AvgIpc) is 3.46. The van der Waals surface area contributed by atoms with E-state index in [0.29, 0.717) is 0 Å². The van der Waals surface area contributed by atoms with Crippen molar-refractivity contribution in [3.63, 3.8) is 0 Å². The van der Waals surface area contributed by atoms with E-state index in [1.54, 1.807) is 9.80 Å². The molecule has 0 aromatic rings. The van der Waals surface area contributed by atoms with Crippen molar-refractivity contribution in [2.24, 2.45) is 0 Å². The summed E-state index contributed by atoms with van der Waals surface area (Å²) in [6.45, 7) is 9.23. The molecule has 0 saturated carbocycles. The minimum Gasteiger partial charge on any atom is -0.547 e. The smallest absolute Gasteiger partial charge is 0.124 e. The van der Waals surface area contributed by atoms with Crippen LogP contribution in [0.3, 0.4) is 0 Å². The third-order valence-corrected chi connectivity index (χ3v) is 18.0. The molecule has 0 aromatic heterocycles. The lowest BCUT2D eigenvalue weighted by atomic mass is 9.99. The summed E-state index contributed by atoms with van der Waals surface area (Å²) in [5, 5.41) is 35.7. The number of aliphatic carboxylic acids is 2. The van der Waals surface area contributed by atoms with E-state index in [0.717, 1.165) is 12.1 Å². The van der Waals surface area contributed by atoms with Crippen LogP contribution in [0.5, 0.6) is 0 Å². The van der Waals surface area contributed by atoms with Gasteiger partial charge >= 0.3 is 0 Å². The van der Waals surface area contributed by atoms with Gasteiger partial charge in [0.15, 0.2) is 0 Å². The van der Waals surface area contributed by atoms with Crippen molar-refractivity contribution < 1.29 is 39.8 Å². The van der Waals surface area contributed by atoms with E-state index in [4.69, 9.17) is 10.2 Å². The minimum absolute atomic E-state index is 0.902. The van der Waals surface area contributed by atoms with Gasteiger partial charge in [-0.05, 0) is 51.4 Å². The number of hydrogen-bond acceptors (Lipinski definition) is 6. The number of carbonyl (C=O) groups is 2. The normalized spacial score (nSPS) is 12.3.